The van der Waals surface area contributed by atoms with Crippen LogP contribution in [-0.4, -0.2) is 31.2 Å². The van der Waals surface area contributed by atoms with Crippen LogP contribution in [0.1, 0.15) is 70.4 Å². The van der Waals surface area contributed by atoms with Crippen molar-refractivity contribution in [1.29, 1.82) is 0 Å². The van der Waals surface area contributed by atoms with Gasteiger partial charge in [0.05, 0.1) is 16.9 Å². The number of amides is 1. The first-order valence-electron chi connectivity index (χ1n) is 9.20. The van der Waals surface area contributed by atoms with Gasteiger partial charge < -0.3 is 5.11 Å². The normalized spacial score (nSPS) is 15.9. The van der Waals surface area contributed by atoms with E-state index in [1.807, 2.05) is 52.8 Å². The molecule has 6 nitrogen and oxygen atoms in total. The summed E-state index contributed by atoms with van der Waals surface area (Å²) in [6.07, 6.45) is 1.43. The van der Waals surface area contributed by atoms with Gasteiger partial charge in [0.1, 0.15) is 5.82 Å². The van der Waals surface area contributed by atoms with Crippen molar-refractivity contribution in [2.75, 3.05) is 0 Å². The molecule has 1 unspecified atom stereocenters. The summed E-state index contributed by atoms with van der Waals surface area (Å²) in [6, 6.07) is 5.29. The smallest absolute Gasteiger partial charge is 0.408 e. The molecule has 2 aromatic rings. The van der Waals surface area contributed by atoms with Crippen molar-refractivity contribution in [2.24, 2.45) is 0 Å². The molecular weight excluding hydrogens is 330 g/mol. The Bertz CT molecular complexity index is 907. The lowest BCUT2D eigenvalue weighted by Gasteiger charge is -2.39. The van der Waals surface area contributed by atoms with E-state index in [2.05, 4.69) is 0 Å². The minimum Gasteiger partial charge on any atom is -0.465 e. The highest BCUT2D eigenvalue weighted by Crippen LogP contribution is 2.38. The lowest BCUT2D eigenvalue weighted by molar-refractivity contribution is 0.0637. The summed E-state index contributed by atoms with van der Waals surface area (Å²) in [6.45, 7) is 9.46. The number of benzene rings is 1. The molecule has 1 aromatic carbocycles. The number of carbonyl (C=O) groups is 1. The molecule has 3 rings (SSSR count). The topological polar surface area (TPSA) is 75.4 Å². The molecule has 140 valence electrons. The molecule has 1 amide bonds. The van der Waals surface area contributed by atoms with E-state index in [-0.39, 0.29) is 11.6 Å². The number of hydrogen-bond donors (Lipinski definition) is 1. The van der Waals surface area contributed by atoms with Crippen molar-refractivity contribution in [3.8, 4) is 0 Å². The predicted molar refractivity (Wildman–Crippen MR) is 102 cm³/mol. The molecule has 6 heteroatoms. The van der Waals surface area contributed by atoms with E-state index in [1.165, 1.54) is 4.90 Å². The third-order valence-electron chi connectivity index (χ3n) is 5.00. The van der Waals surface area contributed by atoms with Crippen LogP contribution >= 0.6 is 0 Å². The van der Waals surface area contributed by atoms with Crippen molar-refractivity contribution in [2.45, 2.75) is 71.5 Å². The van der Waals surface area contributed by atoms with Gasteiger partial charge in [-0.1, -0.05) is 19.1 Å². The Balaban J connectivity index is 2.30. The summed E-state index contributed by atoms with van der Waals surface area (Å²) in [4.78, 5) is 31.5. The van der Waals surface area contributed by atoms with Gasteiger partial charge in [0.25, 0.3) is 5.56 Å². The summed E-state index contributed by atoms with van der Waals surface area (Å²) in [5.41, 5.74) is 0.892. The van der Waals surface area contributed by atoms with Crippen molar-refractivity contribution in [3.05, 3.63) is 39.9 Å². The highest BCUT2D eigenvalue weighted by Gasteiger charge is 2.38. The molecule has 1 atom stereocenters. The number of fused-ring (bicyclic) bond motifs is 1. The van der Waals surface area contributed by atoms with Crippen molar-refractivity contribution in [3.63, 3.8) is 0 Å². The molecule has 0 saturated heterocycles. The minimum absolute atomic E-state index is 0.0525. The van der Waals surface area contributed by atoms with Crippen LogP contribution in [0, 0.1) is 6.92 Å². The number of aryl methyl sites for hydroxylation is 1. The lowest BCUT2D eigenvalue weighted by atomic mass is 10.0. The number of nitrogens with zero attached hydrogens (tertiary/aromatic N) is 3. The molecule has 1 saturated carbocycles. The second-order valence-electron chi connectivity index (χ2n) is 8.09. The van der Waals surface area contributed by atoms with Crippen LogP contribution in [0.25, 0.3) is 10.9 Å². The first-order valence-corrected chi connectivity index (χ1v) is 9.20. The zero-order chi connectivity index (χ0) is 19.2. The van der Waals surface area contributed by atoms with Crippen LogP contribution in [0.3, 0.4) is 0 Å². The second kappa shape index (κ2) is 6.41. The first kappa shape index (κ1) is 18.4. The van der Waals surface area contributed by atoms with E-state index in [9.17, 15) is 14.7 Å². The average molecular weight is 357 g/mol. The maximum absolute atomic E-state index is 13.3. The van der Waals surface area contributed by atoms with Gasteiger partial charge >= 0.3 is 6.09 Å². The molecule has 1 heterocycles. The number of hydrogen-bond acceptors (Lipinski definition) is 3. The van der Waals surface area contributed by atoms with Gasteiger partial charge in [-0.3, -0.25) is 14.3 Å². The molecule has 0 aliphatic heterocycles. The van der Waals surface area contributed by atoms with Gasteiger partial charge in [0.15, 0.2) is 0 Å². The Morgan fingerprint density at radius 2 is 2.04 bits per heavy atom. The quantitative estimate of drug-likeness (QED) is 0.886. The largest absolute Gasteiger partial charge is 0.465 e. The third-order valence-corrected chi connectivity index (χ3v) is 5.00. The third kappa shape index (κ3) is 3.08. The summed E-state index contributed by atoms with van der Waals surface area (Å²) < 4.78 is 1.76. The minimum atomic E-state index is -0.995. The van der Waals surface area contributed by atoms with Gasteiger partial charge in [0, 0.05) is 11.6 Å². The molecule has 26 heavy (non-hydrogen) atoms. The summed E-state index contributed by atoms with van der Waals surface area (Å²) in [5, 5.41) is 10.5. The molecule has 1 aliphatic carbocycles. The highest BCUT2D eigenvalue weighted by atomic mass is 16.4. The first-order chi connectivity index (χ1) is 12.2. The molecular formula is C20H27N3O3. The maximum atomic E-state index is 13.3. The van der Waals surface area contributed by atoms with Crippen molar-refractivity contribution >= 4 is 17.0 Å². The number of rotatable bonds is 4. The Hall–Kier alpha value is -2.37. The van der Waals surface area contributed by atoms with Gasteiger partial charge in [-0.2, -0.15) is 0 Å². The second-order valence-corrected chi connectivity index (χ2v) is 8.09. The summed E-state index contributed by atoms with van der Waals surface area (Å²) >= 11 is 0. The molecule has 1 aromatic heterocycles. The Kier molecular flexibility index (Phi) is 4.54. The standard InChI is InChI=1S/C20H27N3O3/c1-6-15(23(19(25)26)20(3,4)5)17-21-14-9-7-8-12(2)16(14)18(24)22(17)13-10-11-13/h7-9,13,15H,6,10-11H2,1-5H3,(H,25,26). The predicted octanol–water partition coefficient (Wildman–Crippen LogP) is 4.27. The van der Waals surface area contributed by atoms with E-state index in [4.69, 9.17) is 4.98 Å². The fraction of sp³-hybridized carbons (Fsp3) is 0.550. The fourth-order valence-corrected chi connectivity index (χ4v) is 3.71. The molecule has 0 spiro atoms. The van der Waals surface area contributed by atoms with Crippen LogP contribution in [0.2, 0.25) is 0 Å². The lowest BCUT2D eigenvalue weighted by Crippen LogP contribution is -2.48. The van der Waals surface area contributed by atoms with E-state index < -0.39 is 17.7 Å². The average Bonchev–Trinajstić information content (AvgIpc) is 3.35. The van der Waals surface area contributed by atoms with Gasteiger partial charge in [-0.15, -0.1) is 0 Å². The zero-order valence-electron chi connectivity index (χ0n) is 16.1. The van der Waals surface area contributed by atoms with Crippen molar-refractivity contribution < 1.29 is 9.90 Å². The molecule has 1 N–H and O–H groups in total. The molecule has 0 bridgehead atoms. The zero-order valence-corrected chi connectivity index (χ0v) is 16.1. The van der Waals surface area contributed by atoms with Gasteiger partial charge in [-0.25, -0.2) is 9.78 Å². The molecule has 0 radical (unpaired) electrons. The Morgan fingerprint density at radius 1 is 1.38 bits per heavy atom. The van der Waals surface area contributed by atoms with Crippen LogP contribution < -0.4 is 5.56 Å². The molecule has 1 aliphatic rings. The van der Waals surface area contributed by atoms with Crippen LogP contribution in [-0.2, 0) is 0 Å². The summed E-state index contributed by atoms with van der Waals surface area (Å²) in [7, 11) is 0. The van der Waals surface area contributed by atoms with E-state index in [0.717, 1.165) is 18.4 Å². The van der Waals surface area contributed by atoms with Gasteiger partial charge in [-0.05, 0) is 58.6 Å². The van der Waals surface area contributed by atoms with Crippen LogP contribution in [0.4, 0.5) is 4.79 Å². The fourth-order valence-electron chi connectivity index (χ4n) is 3.71. The Labute approximate surface area is 153 Å². The highest BCUT2D eigenvalue weighted by molar-refractivity contribution is 5.81. The monoisotopic (exact) mass is 357 g/mol. The number of aromatic nitrogens is 2. The van der Waals surface area contributed by atoms with Crippen molar-refractivity contribution in [1.82, 2.24) is 14.5 Å². The van der Waals surface area contributed by atoms with Crippen LogP contribution in [0.5, 0.6) is 0 Å². The molecule has 1 fully saturated rings. The SMILES string of the molecule is CCC(c1nc2cccc(C)c2c(=O)n1C1CC1)N(C(=O)O)C(C)(C)C. The summed E-state index contributed by atoms with van der Waals surface area (Å²) in [5.74, 6) is 0.565. The van der Waals surface area contributed by atoms with Gasteiger partial charge in [0.2, 0.25) is 0 Å². The Morgan fingerprint density at radius 3 is 2.54 bits per heavy atom. The van der Waals surface area contributed by atoms with E-state index >= 15 is 0 Å². The van der Waals surface area contributed by atoms with E-state index in [0.29, 0.717) is 23.1 Å². The van der Waals surface area contributed by atoms with E-state index in [1.54, 1.807) is 4.57 Å². The number of carboxylic acid groups (broad SMARTS) is 1. The van der Waals surface area contributed by atoms with Crippen LogP contribution in [0.15, 0.2) is 23.0 Å². The maximum Gasteiger partial charge on any atom is 0.408 e.